The van der Waals surface area contributed by atoms with Crippen LogP contribution in [0, 0.1) is 0 Å². The molecule has 22 heavy (non-hydrogen) atoms. The van der Waals surface area contributed by atoms with Crippen molar-refractivity contribution < 1.29 is 4.79 Å². The zero-order valence-corrected chi connectivity index (χ0v) is 11.7. The molecule has 2 aromatic carbocycles. The number of hydrogen-bond donors (Lipinski definition) is 2. The molecule has 0 radical (unpaired) electrons. The van der Waals surface area contributed by atoms with Crippen molar-refractivity contribution in [3.63, 3.8) is 0 Å². The Hall–Kier alpha value is -3.15. The molecular formula is C16H14N4O2. The quantitative estimate of drug-likeness (QED) is 0.718. The van der Waals surface area contributed by atoms with Crippen molar-refractivity contribution >= 4 is 28.1 Å². The highest BCUT2D eigenvalue weighted by Crippen LogP contribution is 2.10. The molecule has 3 aromatic rings. The summed E-state index contributed by atoms with van der Waals surface area (Å²) in [6, 6.07) is 13.9. The third kappa shape index (κ3) is 2.80. The number of fused-ring (bicyclic) bond motifs is 1. The average molecular weight is 294 g/mol. The standard InChI is InChI=1S/C16H14N4O2/c17-12-5-7-13(8-6-12)19-15(21)10-20-16(22)14-4-2-1-3-11(14)9-18-20/h1-9H,10,17H2,(H,19,21). The van der Waals surface area contributed by atoms with E-state index in [4.69, 9.17) is 5.73 Å². The summed E-state index contributed by atoms with van der Waals surface area (Å²) in [5, 5.41) is 8.02. The minimum Gasteiger partial charge on any atom is -0.399 e. The maximum absolute atomic E-state index is 12.3. The minimum absolute atomic E-state index is 0.145. The second-order valence-electron chi connectivity index (χ2n) is 4.86. The minimum atomic E-state index is -0.324. The fourth-order valence-electron chi connectivity index (χ4n) is 2.14. The van der Waals surface area contributed by atoms with Gasteiger partial charge in [0.2, 0.25) is 5.91 Å². The molecule has 6 nitrogen and oxygen atoms in total. The van der Waals surface area contributed by atoms with E-state index in [0.717, 1.165) is 10.1 Å². The van der Waals surface area contributed by atoms with E-state index in [2.05, 4.69) is 10.4 Å². The first-order valence-corrected chi connectivity index (χ1v) is 6.74. The molecule has 3 N–H and O–H groups in total. The van der Waals surface area contributed by atoms with E-state index in [0.29, 0.717) is 16.8 Å². The average Bonchev–Trinajstić information content (AvgIpc) is 2.53. The van der Waals surface area contributed by atoms with Crippen molar-refractivity contribution in [2.24, 2.45) is 0 Å². The Kier molecular flexibility index (Phi) is 3.57. The zero-order valence-electron chi connectivity index (χ0n) is 11.7. The normalized spacial score (nSPS) is 10.5. The summed E-state index contributed by atoms with van der Waals surface area (Å²) in [6.45, 7) is -0.145. The third-order valence-electron chi connectivity index (χ3n) is 3.25. The molecule has 0 aliphatic carbocycles. The molecule has 1 amide bonds. The number of nitrogen functional groups attached to an aromatic ring is 1. The van der Waals surface area contributed by atoms with Crippen LogP contribution >= 0.6 is 0 Å². The molecular weight excluding hydrogens is 280 g/mol. The summed E-state index contributed by atoms with van der Waals surface area (Å²) in [5.41, 5.74) is 6.53. The van der Waals surface area contributed by atoms with Crippen LogP contribution in [0.4, 0.5) is 11.4 Å². The number of rotatable bonds is 3. The maximum Gasteiger partial charge on any atom is 0.275 e. The Labute approximate surface area is 126 Å². The first-order chi connectivity index (χ1) is 10.6. The van der Waals surface area contributed by atoms with E-state index >= 15 is 0 Å². The topological polar surface area (TPSA) is 90.0 Å². The summed E-state index contributed by atoms with van der Waals surface area (Å²) < 4.78 is 1.15. The van der Waals surface area contributed by atoms with E-state index in [1.54, 1.807) is 42.6 Å². The molecule has 6 heteroatoms. The first kappa shape index (κ1) is 13.8. The van der Waals surface area contributed by atoms with E-state index in [1.807, 2.05) is 12.1 Å². The van der Waals surface area contributed by atoms with Gasteiger partial charge in [0.15, 0.2) is 0 Å². The van der Waals surface area contributed by atoms with E-state index < -0.39 is 0 Å². The smallest absolute Gasteiger partial charge is 0.275 e. The molecule has 110 valence electrons. The van der Waals surface area contributed by atoms with Crippen LogP contribution in [-0.2, 0) is 11.3 Å². The molecule has 1 heterocycles. The highest BCUT2D eigenvalue weighted by atomic mass is 16.2. The third-order valence-corrected chi connectivity index (χ3v) is 3.25. The first-order valence-electron chi connectivity index (χ1n) is 6.74. The van der Waals surface area contributed by atoms with Crippen molar-refractivity contribution in [2.45, 2.75) is 6.54 Å². The van der Waals surface area contributed by atoms with Crippen molar-refractivity contribution in [3.05, 3.63) is 65.1 Å². The fourth-order valence-corrected chi connectivity index (χ4v) is 2.14. The van der Waals surface area contributed by atoms with Gasteiger partial charge in [-0.1, -0.05) is 18.2 Å². The lowest BCUT2D eigenvalue weighted by molar-refractivity contribution is -0.117. The van der Waals surface area contributed by atoms with E-state index in [1.165, 1.54) is 0 Å². The lowest BCUT2D eigenvalue weighted by atomic mass is 10.2. The second-order valence-corrected chi connectivity index (χ2v) is 4.86. The van der Waals surface area contributed by atoms with Crippen LogP contribution in [0.1, 0.15) is 0 Å². The zero-order chi connectivity index (χ0) is 15.5. The van der Waals surface area contributed by atoms with Crippen LogP contribution in [0.3, 0.4) is 0 Å². The van der Waals surface area contributed by atoms with Gasteiger partial charge >= 0.3 is 0 Å². The van der Waals surface area contributed by atoms with Crippen molar-refractivity contribution in [3.8, 4) is 0 Å². The number of nitrogens with two attached hydrogens (primary N) is 1. The van der Waals surface area contributed by atoms with Gasteiger partial charge in [-0.3, -0.25) is 9.59 Å². The van der Waals surface area contributed by atoms with Crippen LogP contribution in [0.25, 0.3) is 10.8 Å². The maximum atomic E-state index is 12.3. The number of anilines is 2. The predicted molar refractivity (Wildman–Crippen MR) is 85.5 cm³/mol. The van der Waals surface area contributed by atoms with Gasteiger partial charge in [-0.2, -0.15) is 5.10 Å². The fraction of sp³-hybridized carbons (Fsp3) is 0.0625. The predicted octanol–water partition coefficient (Wildman–Crippen LogP) is 1.62. The summed E-state index contributed by atoms with van der Waals surface area (Å²) in [6.07, 6.45) is 1.58. The van der Waals surface area contributed by atoms with Gasteiger partial charge in [0, 0.05) is 16.8 Å². The van der Waals surface area contributed by atoms with Crippen LogP contribution in [-0.4, -0.2) is 15.7 Å². The molecule has 0 aliphatic rings. The molecule has 0 bridgehead atoms. The highest BCUT2D eigenvalue weighted by molar-refractivity contribution is 5.90. The van der Waals surface area contributed by atoms with Gasteiger partial charge in [-0.15, -0.1) is 0 Å². The number of carbonyl (C=O) groups excluding carboxylic acids is 1. The lowest BCUT2D eigenvalue weighted by Gasteiger charge is -2.07. The molecule has 0 saturated carbocycles. The Balaban J connectivity index is 1.81. The van der Waals surface area contributed by atoms with Crippen LogP contribution in [0.15, 0.2) is 59.5 Å². The van der Waals surface area contributed by atoms with Gasteiger partial charge in [0.25, 0.3) is 5.56 Å². The number of amides is 1. The van der Waals surface area contributed by atoms with Crippen molar-refractivity contribution in [1.82, 2.24) is 9.78 Å². The molecule has 0 aliphatic heterocycles. The monoisotopic (exact) mass is 294 g/mol. The summed E-state index contributed by atoms with van der Waals surface area (Å²) in [4.78, 5) is 24.3. The Bertz CT molecular complexity index is 885. The molecule has 0 spiro atoms. The van der Waals surface area contributed by atoms with E-state index in [9.17, 15) is 9.59 Å². The Morgan fingerprint density at radius 3 is 2.64 bits per heavy atom. The van der Waals surface area contributed by atoms with Gasteiger partial charge in [0.1, 0.15) is 6.54 Å². The van der Waals surface area contributed by atoms with Gasteiger partial charge in [-0.25, -0.2) is 4.68 Å². The number of nitrogens with one attached hydrogen (secondary N) is 1. The lowest BCUT2D eigenvalue weighted by Crippen LogP contribution is -2.29. The Morgan fingerprint density at radius 2 is 1.86 bits per heavy atom. The number of nitrogens with zero attached hydrogens (tertiary/aromatic N) is 2. The number of carbonyl (C=O) groups is 1. The van der Waals surface area contributed by atoms with E-state index in [-0.39, 0.29) is 18.0 Å². The summed E-state index contributed by atoms with van der Waals surface area (Å²) >= 11 is 0. The van der Waals surface area contributed by atoms with Gasteiger partial charge in [-0.05, 0) is 30.3 Å². The molecule has 0 unspecified atom stereocenters. The van der Waals surface area contributed by atoms with Crippen LogP contribution < -0.4 is 16.6 Å². The molecule has 3 rings (SSSR count). The molecule has 0 saturated heterocycles. The molecule has 1 aromatic heterocycles. The summed E-state index contributed by atoms with van der Waals surface area (Å²) in [7, 11) is 0. The van der Waals surface area contributed by atoms with Crippen molar-refractivity contribution in [1.29, 1.82) is 0 Å². The van der Waals surface area contributed by atoms with Crippen molar-refractivity contribution in [2.75, 3.05) is 11.1 Å². The Morgan fingerprint density at radius 1 is 1.14 bits per heavy atom. The SMILES string of the molecule is Nc1ccc(NC(=O)Cn2ncc3ccccc3c2=O)cc1. The number of benzene rings is 2. The molecule has 0 fully saturated rings. The van der Waals surface area contributed by atoms with Crippen LogP contribution in [0.2, 0.25) is 0 Å². The largest absolute Gasteiger partial charge is 0.399 e. The number of hydrogen-bond acceptors (Lipinski definition) is 4. The van der Waals surface area contributed by atoms with Gasteiger partial charge < -0.3 is 11.1 Å². The van der Waals surface area contributed by atoms with Gasteiger partial charge in [0.05, 0.1) is 11.6 Å². The molecule has 0 atom stereocenters. The number of aromatic nitrogens is 2. The summed E-state index contributed by atoms with van der Waals surface area (Å²) in [5.74, 6) is -0.324. The highest BCUT2D eigenvalue weighted by Gasteiger charge is 2.08. The second kappa shape index (κ2) is 5.69. The van der Waals surface area contributed by atoms with Crippen LogP contribution in [0.5, 0.6) is 0 Å².